The number of thiophene rings is 1. The van der Waals surface area contributed by atoms with E-state index in [-0.39, 0.29) is 11.7 Å². The maximum absolute atomic E-state index is 11.3. The monoisotopic (exact) mass is 198 g/mol. The maximum Gasteiger partial charge on any atom is 0.138 e. The largest absolute Gasteiger partial charge is 0.387 e. The molecule has 3 heteroatoms. The fourth-order valence-electron chi connectivity index (χ4n) is 1.20. The van der Waals surface area contributed by atoms with Gasteiger partial charge in [0.2, 0.25) is 0 Å². The van der Waals surface area contributed by atoms with Gasteiger partial charge in [-0.3, -0.25) is 4.79 Å². The Morgan fingerprint density at radius 3 is 2.85 bits per heavy atom. The summed E-state index contributed by atoms with van der Waals surface area (Å²) in [4.78, 5) is 12.2. The van der Waals surface area contributed by atoms with Gasteiger partial charge in [-0.2, -0.15) is 0 Å². The highest BCUT2D eigenvalue weighted by atomic mass is 32.1. The number of carbonyl (C=O) groups is 1. The minimum absolute atomic E-state index is 0.112. The van der Waals surface area contributed by atoms with Crippen molar-refractivity contribution >= 4 is 17.1 Å². The molecule has 0 amide bonds. The SMILES string of the molecule is CCC(=O)[C@H](C)[C@@H](O)c1cccs1. The van der Waals surface area contributed by atoms with E-state index in [0.717, 1.165) is 4.88 Å². The third-order valence-electron chi connectivity index (χ3n) is 2.16. The lowest BCUT2D eigenvalue weighted by atomic mass is 9.97. The molecular weight excluding hydrogens is 184 g/mol. The number of hydrogen-bond donors (Lipinski definition) is 1. The zero-order valence-electron chi connectivity index (χ0n) is 7.86. The molecule has 0 aliphatic carbocycles. The first kappa shape index (κ1) is 10.4. The quantitative estimate of drug-likeness (QED) is 0.806. The third kappa shape index (κ3) is 2.39. The molecule has 0 aliphatic rings. The molecule has 0 bridgehead atoms. The van der Waals surface area contributed by atoms with Crippen LogP contribution in [-0.2, 0) is 4.79 Å². The molecule has 1 rings (SSSR count). The fraction of sp³-hybridized carbons (Fsp3) is 0.500. The normalized spacial score (nSPS) is 15.3. The molecule has 0 fully saturated rings. The van der Waals surface area contributed by atoms with Crippen molar-refractivity contribution in [3.8, 4) is 0 Å². The predicted molar refractivity (Wildman–Crippen MR) is 53.7 cm³/mol. The van der Waals surface area contributed by atoms with Crippen molar-refractivity contribution in [1.29, 1.82) is 0 Å². The Morgan fingerprint density at radius 2 is 2.38 bits per heavy atom. The molecule has 13 heavy (non-hydrogen) atoms. The van der Waals surface area contributed by atoms with Crippen LogP contribution in [0.5, 0.6) is 0 Å². The first-order valence-electron chi connectivity index (χ1n) is 4.41. The lowest BCUT2D eigenvalue weighted by Gasteiger charge is -2.15. The fourth-order valence-corrected chi connectivity index (χ4v) is 2.02. The number of ketones is 1. The Morgan fingerprint density at radius 1 is 1.69 bits per heavy atom. The molecule has 1 aromatic heterocycles. The zero-order chi connectivity index (χ0) is 9.84. The second-order valence-corrected chi connectivity index (χ2v) is 4.05. The van der Waals surface area contributed by atoms with E-state index in [1.54, 1.807) is 6.92 Å². The molecular formula is C10H14O2S. The van der Waals surface area contributed by atoms with Crippen LogP contribution in [0.3, 0.4) is 0 Å². The number of aliphatic hydroxyl groups is 1. The van der Waals surface area contributed by atoms with E-state index in [9.17, 15) is 9.90 Å². The van der Waals surface area contributed by atoms with E-state index in [0.29, 0.717) is 6.42 Å². The van der Waals surface area contributed by atoms with Crippen LogP contribution in [-0.4, -0.2) is 10.9 Å². The highest BCUT2D eigenvalue weighted by molar-refractivity contribution is 7.10. The van der Waals surface area contributed by atoms with Gasteiger partial charge < -0.3 is 5.11 Å². The molecule has 72 valence electrons. The van der Waals surface area contributed by atoms with Crippen molar-refractivity contribution in [1.82, 2.24) is 0 Å². The van der Waals surface area contributed by atoms with Gasteiger partial charge in [-0.15, -0.1) is 11.3 Å². The standard InChI is InChI=1S/C10H14O2S/c1-3-8(11)7(2)10(12)9-5-4-6-13-9/h4-7,10,12H,3H2,1-2H3/t7-,10+/m0/s1. The molecule has 0 unspecified atom stereocenters. The van der Waals surface area contributed by atoms with Gasteiger partial charge in [0.15, 0.2) is 0 Å². The van der Waals surface area contributed by atoms with Gasteiger partial charge in [-0.25, -0.2) is 0 Å². The molecule has 1 N–H and O–H groups in total. The average molecular weight is 198 g/mol. The topological polar surface area (TPSA) is 37.3 Å². The van der Waals surface area contributed by atoms with Gasteiger partial charge in [0.1, 0.15) is 5.78 Å². The Balaban J connectivity index is 2.68. The maximum atomic E-state index is 11.3. The highest BCUT2D eigenvalue weighted by Crippen LogP contribution is 2.26. The van der Waals surface area contributed by atoms with Gasteiger partial charge in [0.25, 0.3) is 0 Å². The highest BCUT2D eigenvalue weighted by Gasteiger charge is 2.22. The van der Waals surface area contributed by atoms with Crippen LogP contribution in [0.4, 0.5) is 0 Å². The Labute approximate surface area is 82.2 Å². The Bertz CT molecular complexity index is 266. The predicted octanol–water partition coefficient (Wildman–Crippen LogP) is 2.40. The van der Waals surface area contributed by atoms with Crippen molar-refractivity contribution in [2.45, 2.75) is 26.4 Å². The first-order chi connectivity index (χ1) is 6.16. The smallest absolute Gasteiger partial charge is 0.138 e. The third-order valence-corrected chi connectivity index (χ3v) is 3.11. The summed E-state index contributed by atoms with van der Waals surface area (Å²) < 4.78 is 0. The van der Waals surface area contributed by atoms with E-state index in [1.165, 1.54) is 11.3 Å². The van der Waals surface area contributed by atoms with Gasteiger partial charge in [0.05, 0.1) is 6.10 Å². The summed E-state index contributed by atoms with van der Waals surface area (Å²) in [7, 11) is 0. The average Bonchev–Trinajstić information content (AvgIpc) is 2.67. The minimum atomic E-state index is -0.632. The van der Waals surface area contributed by atoms with Crippen LogP contribution in [0.25, 0.3) is 0 Å². The lowest BCUT2D eigenvalue weighted by molar-refractivity contribution is -0.125. The van der Waals surface area contributed by atoms with Gasteiger partial charge >= 0.3 is 0 Å². The second kappa shape index (κ2) is 4.53. The summed E-state index contributed by atoms with van der Waals surface area (Å²) >= 11 is 1.49. The summed E-state index contributed by atoms with van der Waals surface area (Å²) in [5.74, 6) is -0.176. The Kier molecular flexibility index (Phi) is 3.63. The minimum Gasteiger partial charge on any atom is -0.387 e. The van der Waals surface area contributed by atoms with Gasteiger partial charge in [-0.05, 0) is 11.4 Å². The lowest BCUT2D eigenvalue weighted by Crippen LogP contribution is -2.17. The van der Waals surface area contributed by atoms with Crippen molar-refractivity contribution in [2.75, 3.05) is 0 Å². The molecule has 0 saturated carbocycles. The van der Waals surface area contributed by atoms with Gasteiger partial charge in [0, 0.05) is 17.2 Å². The van der Waals surface area contributed by atoms with Crippen molar-refractivity contribution in [3.05, 3.63) is 22.4 Å². The molecule has 2 nitrogen and oxygen atoms in total. The first-order valence-corrected chi connectivity index (χ1v) is 5.29. The number of aliphatic hydroxyl groups excluding tert-OH is 1. The summed E-state index contributed by atoms with van der Waals surface area (Å²) in [5.41, 5.74) is 0. The number of carbonyl (C=O) groups excluding carboxylic acids is 1. The summed E-state index contributed by atoms with van der Waals surface area (Å²) in [6.07, 6.45) is -0.142. The summed E-state index contributed by atoms with van der Waals surface area (Å²) in [5, 5.41) is 11.7. The number of hydrogen-bond acceptors (Lipinski definition) is 3. The van der Waals surface area contributed by atoms with Crippen LogP contribution in [0.2, 0.25) is 0 Å². The zero-order valence-corrected chi connectivity index (χ0v) is 8.67. The molecule has 1 aromatic rings. The molecule has 0 spiro atoms. The van der Waals surface area contributed by atoms with Crippen LogP contribution in [0.1, 0.15) is 31.2 Å². The van der Waals surface area contributed by atoms with E-state index in [4.69, 9.17) is 0 Å². The number of rotatable bonds is 4. The number of Topliss-reactive ketones (excluding diaryl/α,β-unsaturated/α-hetero) is 1. The molecule has 0 saturated heterocycles. The van der Waals surface area contributed by atoms with E-state index < -0.39 is 6.10 Å². The van der Waals surface area contributed by atoms with Crippen LogP contribution < -0.4 is 0 Å². The van der Waals surface area contributed by atoms with Crippen molar-refractivity contribution in [2.24, 2.45) is 5.92 Å². The van der Waals surface area contributed by atoms with Crippen LogP contribution >= 0.6 is 11.3 Å². The van der Waals surface area contributed by atoms with Gasteiger partial charge in [-0.1, -0.05) is 19.9 Å². The summed E-state index contributed by atoms with van der Waals surface area (Å²) in [6.45, 7) is 3.59. The Hall–Kier alpha value is -0.670. The summed E-state index contributed by atoms with van der Waals surface area (Å²) in [6, 6.07) is 3.74. The van der Waals surface area contributed by atoms with E-state index >= 15 is 0 Å². The van der Waals surface area contributed by atoms with Crippen LogP contribution in [0.15, 0.2) is 17.5 Å². The second-order valence-electron chi connectivity index (χ2n) is 3.07. The molecule has 0 aliphatic heterocycles. The van der Waals surface area contributed by atoms with Crippen molar-refractivity contribution < 1.29 is 9.90 Å². The molecule has 1 heterocycles. The van der Waals surface area contributed by atoms with E-state index in [1.807, 2.05) is 24.4 Å². The van der Waals surface area contributed by atoms with Crippen molar-refractivity contribution in [3.63, 3.8) is 0 Å². The molecule has 0 radical (unpaired) electrons. The van der Waals surface area contributed by atoms with E-state index in [2.05, 4.69) is 0 Å². The van der Waals surface area contributed by atoms with Crippen LogP contribution in [0, 0.1) is 5.92 Å². The molecule has 2 atom stereocenters. The molecule has 0 aromatic carbocycles.